The van der Waals surface area contributed by atoms with Crippen molar-refractivity contribution in [3.63, 3.8) is 0 Å². The predicted octanol–water partition coefficient (Wildman–Crippen LogP) is 2.79. The van der Waals surface area contributed by atoms with Crippen LogP contribution in [0.4, 0.5) is 8.78 Å². The number of amides is 1. The largest absolute Gasteiger partial charge is 0.350 e. The fourth-order valence-electron chi connectivity index (χ4n) is 1.93. The molecule has 20 heavy (non-hydrogen) atoms. The lowest BCUT2D eigenvalue weighted by Gasteiger charge is -2.24. The molecule has 1 heterocycles. The molecule has 0 saturated heterocycles. The normalized spacial score (nSPS) is 13.5. The zero-order chi connectivity index (χ0) is 15.1. The first-order valence-corrected chi connectivity index (χ1v) is 6.32. The van der Waals surface area contributed by atoms with Gasteiger partial charge in [0.05, 0.1) is 17.4 Å². The van der Waals surface area contributed by atoms with Gasteiger partial charge in [-0.25, -0.2) is 13.8 Å². The van der Waals surface area contributed by atoms with Crippen LogP contribution in [-0.4, -0.2) is 21.0 Å². The van der Waals surface area contributed by atoms with Crippen LogP contribution < -0.4 is 5.32 Å². The summed E-state index contributed by atoms with van der Waals surface area (Å²) < 4.78 is 28.0. The van der Waals surface area contributed by atoms with Crippen molar-refractivity contribution in [1.29, 1.82) is 0 Å². The van der Waals surface area contributed by atoms with Gasteiger partial charge >= 0.3 is 0 Å². The van der Waals surface area contributed by atoms with Crippen molar-refractivity contribution in [2.75, 3.05) is 0 Å². The monoisotopic (exact) mass is 281 g/mol. The van der Waals surface area contributed by atoms with Crippen molar-refractivity contribution in [3.05, 3.63) is 30.1 Å². The Morgan fingerprint density at radius 2 is 1.90 bits per heavy atom. The van der Waals surface area contributed by atoms with Crippen molar-refractivity contribution in [2.24, 2.45) is 0 Å². The van der Waals surface area contributed by atoms with Crippen LogP contribution in [0.3, 0.4) is 0 Å². The highest BCUT2D eigenvalue weighted by Gasteiger charge is 2.22. The molecule has 4 nitrogen and oxygen atoms in total. The quantitative estimate of drug-likeness (QED) is 0.920. The third-order valence-electron chi connectivity index (χ3n) is 2.91. The minimum Gasteiger partial charge on any atom is -0.350 e. The van der Waals surface area contributed by atoms with Gasteiger partial charge in [0.15, 0.2) is 11.6 Å². The van der Waals surface area contributed by atoms with Crippen LogP contribution >= 0.6 is 0 Å². The highest BCUT2D eigenvalue weighted by molar-refractivity contribution is 5.84. The van der Waals surface area contributed by atoms with Gasteiger partial charge in [-0.1, -0.05) is 0 Å². The third-order valence-corrected chi connectivity index (χ3v) is 2.91. The van der Waals surface area contributed by atoms with Crippen LogP contribution in [0.25, 0.3) is 11.0 Å². The van der Waals surface area contributed by atoms with Crippen molar-refractivity contribution in [1.82, 2.24) is 14.9 Å². The van der Waals surface area contributed by atoms with E-state index in [0.717, 1.165) is 12.1 Å². The van der Waals surface area contributed by atoms with E-state index in [2.05, 4.69) is 10.3 Å². The van der Waals surface area contributed by atoms with Crippen LogP contribution in [0.1, 0.15) is 33.7 Å². The molecule has 0 aliphatic carbocycles. The average Bonchev–Trinajstić information content (AvgIpc) is 2.69. The molecule has 1 aromatic carbocycles. The maximum atomic E-state index is 13.3. The zero-order valence-electron chi connectivity index (χ0n) is 11.9. The first kappa shape index (κ1) is 14.4. The number of aromatic nitrogens is 2. The Hall–Kier alpha value is -1.98. The Morgan fingerprint density at radius 1 is 1.30 bits per heavy atom. The molecule has 6 heteroatoms. The summed E-state index contributed by atoms with van der Waals surface area (Å²) in [5, 5.41) is 2.84. The van der Waals surface area contributed by atoms with Gasteiger partial charge in [-0.3, -0.25) is 4.79 Å². The van der Waals surface area contributed by atoms with E-state index < -0.39 is 17.7 Å². The number of carbonyl (C=O) groups is 1. The fourth-order valence-corrected chi connectivity index (χ4v) is 1.93. The number of halogens is 2. The van der Waals surface area contributed by atoms with E-state index in [-0.39, 0.29) is 11.4 Å². The number of carbonyl (C=O) groups excluding carboxylic acids is 1. The molecule has 0 bridgehead atoms. The molecule has 1 unspecified atom stereocenters. The van der Waals surface area contributed by atoms with E-state index in [1.54, 1.807) is 6.92 Å². The maximum Gasteiger partial charge on any atom is 0.243 e. The standard InChI is InChI=1S/C14H17F2N3O/c1-8(13(20)18-14(2,3)4)19-7-17-11-5-9(15)10(16)6-12(11)19/h5-8H,1-4H3,(H,18,20). The van der Waals surface area contributed by atoms with Gasteiger partial charge in [0, 0.05) is 17.7 Å². The van der Waals surface area contributed by atoms with E-state index in [4.69, 9.17) is 0 Å². The van der Waals surface area contributed by atoms with Gasteiger partial charge in [0.1, 0.15) is 6.04 Å². The van der Waals surface area contributed by atoms with Crippen molar-refractivity contribution in [2.45, 2.75) is 39.3 Å². The first-order chi connectivity index (χ1) is 9.19. The molecule has 0 spiro atoms. The second-order valence-corrected chi connectivity index (χ2v) is 5.82. The molecule has 108 valence electrons. The van der Waals surface area contributed by atoms with Crippen molar-refractivity contribution < 1.29 is 13.6 Å². The molecule has 0 saturated carbocycles. The molecule has 0 aliphatic heterocycles. The number of fused-ring (bicyclic) bond motifs is 1. The number of rotatable bonds is 2. The zero-order valence-corrected chi connectivity index (χ0v) is 11.9. The third kappa shape index (κ3) is 2.79. The molecular weight excluding hydrogens is 264 g/mol. The highest BCUT2D eigenvalue weighted by Crippen LogP contribution is 2.21. The van der Waals surface area contributed by atoms with Gasteiger partial charge in [-0.15, -0.1) is 0 Å². The molecular formula is C14H17F2N3O. The van der Waals surface area contributed by atoms with Crippen LogP contribution in [0, 0.1) is 11.6 Å². The summed E-state index contributed by atoms with van der Waals surface area (Å²) in [6.07, 6.45) is 1.41. The van der Waals surface area contributed by atoms with E-state index >= 15 is 0 Å². The van der Waals surface area contributed by atoms with Crippen LogP contribution in [-0.2, 0) is 4.79 Å². The fraction of sp³-hybridized carbons (Fsp3) is 0.429. The number of imidazole rings is 1. The lowest BCUT2D eigenvalue weighted by atomic mass is 10.1. The second kappa shape index (κ2) is 4.85. The van der Waals surface area contributed by atoms with Gasteiger partial charge in [-0.05, 0) is 27.7 Å². The highest BCUT2D eigenvalue weighted by atomic mass is 19.2. The van der Waals surface area contributed by atoms with Crippen LogP contribution in [0.15, 0.2) is 18.5 Å². The molecule has 0 fully saturated rings. The summed E-state index contributed by atoms with van der Waals surface area (Å²) >= 11 is 0. The molecule has 1 atom stereocenters. The van der Waals surface area contributed by atoms with Gasteiger partial charge in [0.2, 0.25) is 5.91 Å². The molecule has 1 amide bonds. The molecule has 1 N–H and O–H groups in total. The first-order valence-electron chi connectivity index (χ1n) is 6.32. The molecule has 1 aromatic heterocycles. The molecule has 2 aromatic rings. The topological polar surface area (TPSA) is 46.9 Å². The summed E-state index contributed by atoms with van der Waals surface area (Å²) in [6.45, 7) is 7.31. The average molecular weight is 281 g/mol. The molecule has 0 aliphatic rings. The smallest absolute Gasteiger partial charge is 0.243 e. The van der Waals surface area contributed by atoms with Crippen LogP contribution in [0.2, 0.25) is 0 Å². The summed E-state index contributed by atoms with van der Waals surface area (Å²) in [4.78, 5) is 16.1. The lowest BCUT2D eigenvalue weighted by Crippen LogP contribution is -2.43. The molecule has 2 rings (SSSR count). The summed E-state index contributed by atoms with van der Waals surface area (Å²) in [5.41, 5.74) is 0.346. The van der Waals surface area contributed by atoms with Crippen molar-refractivity contribution in [3.8, 4) is 0 Å². The van der Waals surface area contributed by atoms with Crippen molar-refractivity contribution >= 4 is 16.9 Å². The Kier molecular flexibility index (Phi) is 3.50. The van der Waals surface area contributed by atoms with Gasteiger partial charge < -0.3 is 9.88 Å². The van der Waals surface area contributed by atoms with E-state index in [1.165, 1.54) is 10.9 Å². The number of benzene rings is 1. The number of nitrogens with zero attached hydrogens (tertiary/aromatic N) is 2. The number of hydrogen-bond acceptors (Lipinski definition) is 2. The lowest BCUT2D eigenvalue weighted by molar-refractivity contribution is -0.125. The minimum atomic E-state index is -0.956. The van der Waals surface area contributed by atoms with E-state index in [9.17, 15) is 13.6 Å². The van der Waals surface area contributed by atoms with Crippen LogP contribution in [0.5, 0.6) is 0 Å². The Balaban J connectivity index is 2.38. The molecule has 0 radical (unpaired) electrons. The summed E-state index contributed by atoms with van der Waals surface area (Å²) in [5.74, 6) is -2.11. The van der Waals surface area contributed by atoms with E-state index in [0.29, 0.717) is 11.0 Å². The summed E-state index contributed by atoms with van der Waals surface area (Å²) in [6, 6.07) is 1.51. The number of nitrogens with one attached hydrogen (secondary N) is 1. The number of hydrogen-bond donors (Lipinski definition) is 1. The SMILES string of the molecule is CC(C(=O)NC(C)(C)C)n1cnc2cc(F)c(F)cc21. The predicted molar refractivity (Wildman–Crippen MR) is 72.3 cm³/mol. The van der Waals surface area contributed by atoms with Gasteiger partial charge in [-0.2, -0.15) is 0 Å². The summed E-state index contributed by atoms with van der Waals surface area (Å²) in [7, 11) is 0. The van der Waals surface area contributed by atoms with Gasteiger partial charge in [0.25, 0.3) is 0 Å². The maximum absolute atomic E-state index is 13.3. The Morgan fingerprint density at radius 3 is 2.50 bits per heavy atom. The Bertz CT molecular complexity index is 658. The Labute approximate surface area is 115 Å². The second-order valence-electron chi connectivity index (χ2n) is 5.82. The minimum absolute atomic E-state index is 0.207. The van der Waals surface area contributed by atoms with E-state index in [1.807, 2.05) is 20.8 Å².